The van der Waals surface area contributed by atoms with Crippen molar-refractivity contribution < 1.29 is 14.3 Å². The number of nitrogens with zero attached hydrogens (tertiary/aromatic N) is 1. The molecule has 0 saturated carbocycles. The van der Waals surface area contributed by atoms with E-state index in [1.54, 1.807) is 36.5 Å². The lowest BCUT2D eigenvalue weighted by atomic mass is 10.1. The number of amides is 1. The van der Waals surface area contributed by atoms with Gasteiger partial charge < -0.3 is 15.4 Å². The third kappa shape index (κ3) is 5.90. The fourth-order valence-electron chi connectivity index (χ4n) is 2.87. The highest BCUT2D eigenvalue weighted by Crippen LogP contribution is 2.18. The molecule has 0 aliphatic heterocycles. The van der Waals surface area contributed by atoms with Crippen molar-refractivity contribution in [2.45, 2.75) is 12.8 Å². The molecule has 1 amide bonds. The summed E-state index contributed by atoms with van der Waals surface area (Å²) >= 11 is 0. The van der Waals surface area contributed by atoms with Gasteiger partial charge in [0.2, 0.25) is 0 Å². The van der Waals surface area contributed by atoms with Crippen molar-refractivity contribution in [3.63, 3.8) is 0 Å². The topological polar surface area (TPSA) is 80.3 Å². The van der Waals surface area contributed by atoms with Crippen LogP contribution in [0.2, 0.25) is 0 Å². The van der Waals surface area contributed by atoms with Gasteiger partial charge in [0.15, 0.2) is 0 Å². The maximum Gasteiger partial charge on any atom is 0.337 e. The Labute approximate surface area is 169 Å². The highest BCUT2D eigenvalue weighted by atomic mass is 16.5. The molecule has 2 N–H and O–H groups in total. The summed E-state index contributed by atoms with van der Waals surface area (Å²) in [5, 5.41) is 6.08. The van der Waals surface area contributed by atoms with Crippen LogP contribution in [0.25, 0.3) is 0 Å². The first-order chi connectivity index (χ1) is 14.2. The number of rotatable bonds is 8. The fourth-order valence-corrected chi connectivity index (χ4v) is 2.87. The Bertz CT molecular complexity index is 974. The van der Waals surface area contributed by atoms with E-state index in [1.165, 1.54) is 12.7 Å². The molecular weight excluding hydrogens is 366 g/mol. The predicted octanol–water partition coefficient (Wildman–Crippen LogP) is 3.97. The van der Waals surface area contributed by atoms with Gasteiger partial charge in [-0.05, 0) is 48.7 Å². The van der Waals surface area contributed by atoms with Crippen LogP contribution in [0, 0.1) is 0 Å². The van der Waals surface area contributed by atoms with Crippen LogP contribution in [-0.4, -0.2) is 30.5 Å². The molecule has 29 heavy (non-hydrogen) atoms. The number of carbonyl (C=O) groups excluding carboxylic acids is 2. The molecule has 6 nitrogen and oxygen atoms in total. The van der Waals surface area contributed by atoms with E-state index in [0.29, 0.717) is 29.2 Å². The number of nitrogens with one attached hydrogen (secondary N) is 2. The molecule has 0 aliphatic carbocycles. The molecule has 148 valence electrons. The maximum atomic E-state index is 12.4. The lowest BCUT2D eigenvalue weighted by Crippen LogP contribution is -2.25. The van der Waals surface area contributed by atoms with E-state index in [2.05, 4.69) is 27.8 Å². The zero-order chi connectivity index (χ0) is 20.5. The summed E-state index contributed by atoms with van der Waals surface area (Å²) in [6.07, 6.45) is 3.34. The number of benzene rings is 2. The number of ether oxygens (including phenoxy) is 1. The Morgan fingerprint density at radius 2 is 1.76 bits per heavy atom. The third-order valence-corrected chi connectivity index (χ3v) is 4.34. The molecule has 0 fully saturated rings. The summed E-state index contributed by atoms with van der Waals surface area (Å²) in [7, 11) is 1.34. The molecule has 1 heterocycles. The van der Waals surface area contributed by atoms with Crippen molar-refractivity contribution in [1.82, 2.24) is 10.3 Å². The summed E-state index contributed by atoms with van der Waals surface area (Å²) < 4.78 is 4.74. The quantitative estimate of drug-likeness (QED) is 0.450. The van der Waals surface area contributed by atoms with Gasteiger partial charge in [0.05, 0.1) is 12.7 Å². The van der Waals surface area contributed by atoms with Crippen molar-refractivity contribution in [3.8, 4) is 0 Å². The van der Waals surface area contributed by atoms with E-state index >= 15 is 0 Å². The van der Waals surface area contributed by atoms with Gasteiger partial charge >= 0.3 is 5.97 Å². The Morgan fingerprint density at radius 3 is 2.55 bits per heavy atom. The number of anilines is 2. The number of methoxy groups -OCH3 is 1. The number of hydrogen-bond acceptors (Lipinski definition) is 5. The second kappa shape index (κ2) is 10.0. The van der Waals surface area contributed by atoms with E-state index in [0.717, 1.165) is 12.8 Å². The van der Waals surface area contributed by atoms with Crippen LogP contribution in [0.15, 0.2) is 72.9 Å². The molecule has 3 rings (SSSR count). The molecule has 3 aromatic rings. The molecule has 0 bridgehead atoms. The highest BCUT2D eigenvalue weighted by molar-refractivity contribution is 5.93. The smallest absolute Gasteiger partial charge is 0.337 e. The van der Waals surface area contributed by atoms with E-state index in [4.69, 9.17) is 4.74 Å². The molecule has 6 heteroatoms. The van der Waals surface area contributed by atoms with Gasteiger partial charge in [0, 0.05) is 24.1 Å². The third-order valence-electron chi connectivity index (χ3n) is 4.34. The number of aryl methyl sites for hydroxylation is 1. The number of aromatic nitrogens is 1. The Balaban J connectivity index is 1.56. The van der Waals surface area contributed by atoms with E-state index in [9.17, 15) is 9.59 Å². The number of carbonyl (C=O) groups is 2. The van der Waals surface area contributed by atoms with Crippen LogP contribution in [0.5, 0.6) is 0 Å². The zero-order valence-electron chi connectivity index (χ0n) is 16.2. The molecule has 0 aliphatic rings. The number of esters is 1. The second-order valence-corrected chi connectivity index (χ2v) is 6.47. The first-order valence-corrected chi connectivity index (χ1v) is 9.39. The van der Waals surface area contributed by atoms with Crippen LogP contribution >= 0.6 is 0 Å². The predicted molar refractivity (Wildman–Crippen MR) is 112 cm³/mol. The van der Waals surface area contributed by atoms with E-state index in [1.807, 2.05) is 24.3 Å². The molecule has 0 atom stereocenters. The summed E-state index contributed by atoms with van der Waals surface area (Å²) in [4.78, 5) is 28.2. The molecule has 0 spiro atoms. The molecule has 1 aromatic heterocycles. The lowest BCUT2D eigenvalue weighted by Gasteiger charge is -2.09. The molecule has 0 radical (unpaired) electrons. The van der Waals surface area contributed by atoms with Crippen LogP contribution in [-0.2, 0) is 11.2 Å². The van der Waals surface area contributed by atoms with Crippen LogP contribution in [0.3, 0.4) is 0 Å². The summed E-state index contributed by atoms with van der Waals surface area (Å²) in [6.45, 7) is 0.578. The van der Waals surface area contributed by atoms with Crippen molar-refractivity contribution in [2.75, 3.05) is 19.0 Å². The monoisotopic (exact) mass is 389 g/mol. The van der Waals surface area contributed by atoms with Gasteiger partial charge in [-0.3, -0.25) is 9.78 Å². The van der Waals surface area contributed by atoms with Gasteiger partial charge in [0.1, 0.15) is 5.69 Å². The van der Waals surface area contributed by atoms with Crippen LogP contribution in [0.4, 0.5) is 11.4 Å². The van der Waals surface area contributed by atoms with E-state index in [-0.39, 0.29) is 5.91 Å². The molecule has 0 unspecified atom stereocenters. The molecule has 0 saturated heterocycles. The van der Waals surface area contributed by atoms with Gasteiger partial charge in [-0.25, -0.2) is 4.79 Å². The van der Waals surface area contributed by atoms with Gasteiger partial charge in [0.25, 0.3) is 5.91 Å². The SMILES string of the molecule is COC(=O)c1cccc(Nc2ccnc(C(=O)NCCCc3ccccc3)c2)c1. The minimum Gasteiger partial charge on any atom is -0.465 e. The zero-order valence-corrected chi connectivity index (χ0v) is 16.2. The fraction of sp³-hybridized carbons (Fsp3) is 0.174. The van der Waals surface area contributed by atoms with Crippen molar-refractivity contribution in [2.24, 2.45) is 0 Å². The van der Waals surface area contributed by atoms with Gasteiger partial charge in [-0.2, -0.15) is 0 Å². The lowest BCUT2D eigenvalue weighted by molar-refractivity contribution is 0.0600. The van der Waals surface area contributed by atoms with Crippen molar-refractivity contribution >= 4 is 23.3 Å². The van der Waals surface area contributed by atoms with E-state index < -0.39 is 5.97 Å². The Hall–Kier alpha value is -3.67. The Kier molecular flexibility index (Phi) is 6.95. The first-order valence-electron chi connectivity index (χ1n) is 9.39. The summed E-state index contributed by atoms with van der Waals surface area (Å²) in [5.41, 5.74) is 3.45. The summed E-state index contributed by atoms with van der Waals surface area (Å²) in [5.74, 6) is -0.621. The minimum atomic E-state index is -0.404. The highest BCUT2D eigenvalue weighted by Gasteiger charge is 2.09. The normalized spacial score (nSPS) is 10.2. The first kappa shape index (κ1) is 20.1. The maximum absolute atomic E-state index is 12.4. The largest absolute Gasteiger partial charge is 0.465 e. The van der Waals surface area contributed by atoms with Crippen molar-refractivity contribution in [1.29, 1.82) is 0 Å². The standard InChI is InChI=1S/C23H23N3O3/c1-29-23(28)18-10-5-11-19(15-18)26-20-12-14-24-21(16-20)22(27)25-13-6-9-17-7-3-2-4-8-17/h2-5,7-8,10-12,14-16H,6,9,13H2,1H3,(H,24,26)(H,25,27). The second-order valence-electron chi connectivity index (χ2n) is 6.47. The Morgan fingerprint density at radius 1 is 0.966 bits per heavy atom. The van der Waals surface area contributed by atoms with Crippen LogP contribution in [0.1, 0.15) is 32.8 Å². The number of pyridine rings is 1. The number of hydrogen-bond donors (Lipinski definition) is 2. The van der Waals surface area contributed by atoms with Gasteiger partial charge in [-0.15, -0.1) is 0 Å². The summed E-state index contributed by atoms with van der Waals surface area (Å²) in [6, 6.07) is 20.6. The average molecular weight is 389 g/mol. The van der Waals surface area contributed by atoms with Crippen molar-refractivity contribution in [3.05, 3.63) is 89.7 Å². The molecule has 2 aromatic carbocycles. The average Bonchev–Trinajstić information content (AvgIpc) is 2.77. The van der Waals surface area contributed by atoms with Crippen LogP contribution < -0.4 is 10.6 Å². The van der Waals surface area contributed by atoms with Gasteiger partial charge in [-0.1, -0.05) is 36.4 Å². The molecular formula is C23H23N3O3. The minimum absolute atomic E-state index is 0.218.